The highest BCUT2D eigenvalue weighted by Gasteiger charge is 2.17. The molecule has 1 rings (SSSR count). The fourth-order valence-corrected chi connectivity index (χ4v) is 1.33. The average molecular weight is 225 g/mol. The van der Waals surface area contributed by atoms with Gasteiger partial charge in [-0.15, -0.1) is 0 Å². The van der Waals surface area contributed by atoms with E-state index in [2.05, 4.69) is 4.98 Å². The summed E-state index contributed by atoms with van der Waals surface area (Å²) in [5, 5.41) is 17.6. The Balaban J connectivity index is 2.85. The number of pyridine rings is 1. The van der Waals surface area contributed by atoms with Crippen LogP contribution in [0.2, 0.25) is 0 Å². The second-order valence-electron chi connectivity index (χ2n) is 3.18. The van der Waals surface area contributed by atoms with Crippen molar-refractivity contribution >= 4 is 11.7 Å². The summed E-state index contributed by atoms with van der Waals surface area (Å²) in [6.07, 6.45) is 1.49. The third-order valence-electron chi connectivity index (χ3n) is 2.10. The van der Waals surface area contributed by atoms with Crippen molar-refractivity contribution in [3.8, 4) is 0 Å². The molecule has 0 unspecified atom stereocenters. The largest absolute Gasteiger partial charge is 0.395 e. The molecule has 1 aromatic rings. The summed E-state index contributed by atoms with van der Waals surface area (Å²) in [7, 11) is 0. The van der Waals surface area contributed by atoms with E-state index in [0.717, 1.165) is 0 Å². The van der Waals surface area contributed by atoms with Gasteiger partial charge >= 0.3 is 0 Å². The molecule has 0 fully saturated rings. The Morgan fingerprint density at radius 1 is 1.38 bits per heavy atom. The van der Waals surface area contributed by atoms with Gasteiger partial charge in [-0.05, 0) is 12.1 Å². The zero-order chi connectivity index (χ0) is 12.0. The molecule has 0 bridgehead atoms. The van der Waals surface area contributed by atoms with E-state index in [1.807, 2.05) is 0 Å². The van der Waals surface area contributed by atoms with E-state index < -0.39 is 0 Å². The van der Waals surface area contributed by atoms with E-state index in [1.165, 1.54) is 11.1 Å². The standard InChI is InChI=1S/C10H15N3O3/c11-9-8(2-1-3-12-9)10(16)13(4-6-14)5-7-15/h1-3,14-15H,4-7H2,(H2,11,12). The highest BCUT2D eigenvalue weighted by Crippen LogP contribution is 2.10. The van der Waals surface area contributed by atoms with Crippen LogP contribution in [0.25, 0.3) is 0 Å². The number of nitrogen functional groups attached to an aromatic ring is 1. The third-order valence-corrected chi connectivity index (χ3v) is 2.10. The molecule has 0 atom stereocenters. The summed E-state index contributed by atoms with van der Waals surface area (Å²) in [6, 6.07) is 3.17. The van der Waals surface area contributed by atoms with Gasteiger partial charge in [0.2, 0.25) is 0 Å². The predicted molar refractivity (Wildman–Crippen MR) is 58.7 cm³/mol. The van der Waals surface area contributed by atoms with Gasteiger partial charge in [0.05, 0.1) is 18.8 Å². The van der Waals surface area contributed by atoms with Crippen LogP contribution in [0, 0.1) is 0 Å². The first kappa shape index (κ1) is 12.4. The van der Waals surface area contributed by atoms with Crippen molar-refractivity contribution in [1.29, 1.82) is 0 Å². The first-order valence-electron chi connectivity index (χ1n) is 4.92. The molecular formula is C10H15N3O3. The summed E-state index contributed by atoms with van der Waals surface area (Å²) in [4.78, 5) is 17.1. The van der Waals surface area contributed by atoms with Crippen LogP contribution >= 0.6 is 0 Å². The first-order chi connectivity index (χ1) is 7.70. The highest BCUT2D eigenvalue weighted by molar-refractivity contribution is 5.98. The maximum Gasteiger partial charge on any atom is 0.257 e. The van der Waals surface area contributed by atoms with Gasteiger partial charge in [0, 0.05) is 19.3 Å². The molecule has 0 saturated heterocycles. The monoisotopic (exact) mass is 225 g/mol. The van der Waals surface area contributed by atoms with Crippen LogP contribution in [0.5, 0.6) is 0 Å². The minimum atomic E-state index is -0.339. The summed E-state index contributed by atoms with van der Waals surface area (Å²) in [5.41, 5.74) is 5.85. The van der Waals surface area contributed by atoms with Gasteiger partial charge in [0.25, 0.3) is 5.91 Å². The Bertz CT molecular complexity index is 351. The summed E-state index contributed by atoms with van der Waals surface area (Å²) in [6.45, 7) is -0.000725. The van der Waals surface area contributed by atoms with Gasteiger partial charge in [-0.3, -0.25) is 4.79 Å². The van der Waals surface area contributed by atoms with E-state index in [1.54, 1.807) is 12.1 Å². The molecule has 0 radical (unpaired) electrons. The molecule has 1 amide bonds. The SMILES string of the molecule is Nc1ncccc1C(=O)N(CCO)CCO. The first-order valence-corrected chi connectivity index (χ1v) is 4.92. The van der Waals surface area contributed by atoms with Crippen molar-refractivity contribution in [1.82, 2.24) is 9.88 Å². The fourth-order valence-electron chi connectivity index (χ4n) is 1.33. The number of aromatic nitrogens is 1. The van der Waals surface area contributed by atoms with Gasteiger partial charge < -0.3 is 20.8 Å². The molecule has 0 aliphatic rings. The van der Waals surface area contributed by atoms with Crippen molar-refractivity contribution in [3.63, 3.8) is 0 Å². The van der Waals surface area contributed by atoms with Gasteiger partial charge in [-0.1, -0.05) is 0 Å². The number of hydrogen-bond donors (Lipinski definition) is 3. The number of nitrogens with zero attached hydrogens (tertiary/aromatic N) is 2. The average Bonchev–Trinajstić information content (AvgIpc) is 2.28. The Morgan fingerprint density at radius 2 is 2.00 bits per heavy atom. The van der Waals surface area contributed by atoms with Crippen molar-refractivity contribution in [2.24, 2.45) is 0 Å². The van der Waals surface area contributed by atoms with Gasteiger partial charge in [-0.2, -0.15) is 0 Å². The summed E-state index contributed by atoms with van der Waals surface area (Å²) < 4.78 is 0. The minimum absolute atomic E-state index is 0.147. The zero-order valence-electron chi connectivity index (χ0n) is 8.83. The Labute approximate surface area is 93.3 Å². The molecule has 0 aliphatic carbocycles. The van der Waals surface area contributed by atoms with Crippen molar-refractivity contribution in [3.05, 3.63) is 23.9 Å². The van der Waals surface area contributed by atoms with Crippen LogP contribution in [-0.4, -0.2) is 52.3 Å². The van der Waals surface area contributed by atoms with Crippen LogP contribution in [0.1, 0.15) is 10.4 Å². The van der Waals surface area contributed by atoms with Gasteiger partial charge in [0.1, 0.15) is 5.82 Å². The van der Waals surface area contributed by atoms with E-state index in [-0.39, 0.29) is 43.6 Å². The molecule has 0 aromatic carbocycles. The Morgan fingerprint density at radius 3 is 2.50 bits per heavy atom. The lowest BCUT2D eigenvalue weighted by Gasteiger charge is -2.20. The molecule has 6 heteroatoms. The smallest absolute Gasteiger partial charge is 0.257 e. The number of aliphatic hydroxyl groups excluding tert-OH is 2. The maximum absolute atomic E-state index is 11.9. The quantitative estimate of drug-likeness (QED) is 0.602. The number of anilines is 1. The zero-order valence-corrected chi connectivity index (χ0v) is 8.83. The number of amides is 1. The molecule has 6 nitrogen and oxygen atoms in total. The summed E-state index contributed by atoms with van der Waals surface area (Å²) in [5.74, 6) is -0.193. The second kappa shape index (κ2) is 6.04. The number of carbonyl (C=O) groups is 1. The van der Waals surface area contributed by atoms with E-state index in [0.29, 0.717) is 0 Å². The number of carbonyl (C=O) groups excluding carboxylic acids is 1. The number of rotatable bonds is 5. The number of aliphatic hydroxyl groups is 2. The van der Waals surface area contributed by atoms with E-state index >= 15 is 0 Å². The molecule has 16 heavy (non-hydrogen) atoms. The van der Waals surface area contributed by atoms with Crippen LogP contribution in [0.3, 0.4) is 0 Å². The molecule has 4 N–H and O–H groups in total. The van der Waals surface area contributed by atoms with Gasteiger partial charge in [-0.25, -0.2) is 4.98 Å². The van der Waals surface area contributed by atoms with E-state index in [9.17, 15) is 4.79 Å². The highest BCUT2D eigenvalue weighted by atomic mass is 16.3. The molecular weight excluding hydrogens is 210 g/mol. The number of nitrogens with two attached hydrogens (primary N) is 1. The normalized spacial score (nSPS) is 10.1. The minimum Gasteiger partial charge on any atom is -0.395 e. The summed E-state index contributed by atoms with van der Waals surface area (Å²) >= 11 is 0. The van der Waals surface area contributed by atoms with Crippen molar-refractivity contribution in [2.45, 2.75) is 0 Å². The predicted octanol–water partition coefficient (Wildman–Crippen LogP) is -0.909. The Hall–Kier alpha value is -1.66. The molecule has 0 saturated carbocycles. The fraction of sp³-hybridized carbons (Fsp3) is 0.400. The topological polar surface area (TPSA) is 99.7 Å². The molecule has 88 valence electrons. The van der Waals surface area contributed by atoms with Crippen LogP contribution < -0.4 is 5.73 Å². The lowest BCUT2D eigenvalue weighted by Crippen LogP contribution is -2.36. The van der Waals surface area contributed by atoms with E-state index in [4.69, 9.17) is 15.9 Å². The van der Waals surface area contributed by atoms with Crippen LogP contribution in [0.4, 0.5) is 5.82 Å². The van der Waals surface area contributed by atoms with Crippen molar-refractivity contribution < 1.29 is 15.0 Å². The Kier molecular flexibility index (Phi) is 4.68. The van der Waals surface area contributed by atoms with Crippen molar-refractivity contribution in [2.75, 3.05) is 32.0 Å². The third kappa shape index (κ3) is 2.91. The lowest BCUT2D eigenvalue weighted by molar-refractivity contribution is 0.0685. The maximum atomic E-state index is 11.9. The molecule has 0 spiro atoms. The van der Waals surface area contributed by atoms with Crippen LogP contribution in [-0.2, 0) is 0 Å². The molecule has 1 aromatic heterocycles. The van der Waals surface area contributed by atoms with Crippen LogP contribution in [0.15, 0.2) is 18.3 Å². The molecule has 0 aliphatic heterocycles. The second-order valence-corrected chi connectivity index (χ2v) is 3.18. The molecule has 1 heterocycles. The number of hydrogen-bond acceptors (Lipinski definition) is 5. The van der Waals surface area contributed by atoms with Gasteiger partial charge in [0.15, 0.2) is 0 Å². The lowest BCUT2D eigenvalue weighted by atomic mass is 10.2.